The summed E-state index contributed by atoms with van der Waals surface area (Å²) in [5, 5.41) is 2.97. The molecule has 0 aliphatic heterocycles. The van der Waals surface area contributed by atoms with Crippen molar-refractivity contribution in [1.82, 2.24) is 5.32 Å². The van der Waals surface area contributed by atoms with Crippen molar-refractivity contribution in [3.63, 3.8) is 0 Å². The topological polar surface area (TPSA) is 90.4 Å². The molecular formula is C16H21ClFN3O2. The summed E-state index contributed by atoms with van der Waals surface area (Å²) in [5.41, 5.74) is 11.0. The summed E-state index contributed by atoms with van der Waals surface area (Å²) in [5.74, 6) is -1.17. The van der Waals surface area contributed by atoms with Crippen LogP contribution in [-0.2, 0) is 9.53 Å². The number of hydrogen-bond donors (Lipinski definition) is 3. The molecule has 0 atom stereocenters. The van der Waals surface area contributed by atoms with Crippen molar-refractivity contribution in [3.05, 3.63) is 52.1 Å². The van der Waals surface area contributed by atoms with Gasteiger partial charge in [0.05, 0.1) is 0 Å². The maximum absolute atomic E-state index is 13.9. The van der Waals surface area contributed by atoms with Crippen molar-refractivity contribution in [2.45, 2.75) is 26.4 Å². The Balaban J connectivity index is 3.30. The van der Waals surface area contributed by atoms with E-state index in [9.17, 15) is 9.18 Å². The number of esters is 1. The van der Waals surface area contributed by atoms with Crippen LogP contribution in [0.1, 0.15) is 26.3 Å². The van der Waals surface area contributed by atoms with E-state index in [1.54, 1.807) is 27.8 Å². The summed E-state index contributed by atoms with van der Waals surface area (Å²) >= 11 is 5.85. The molecule has 0 bridgehead atoms. The van der Waals surface area contributed by atoms with Gasteiger partial charge in [0.2, 0.25) is 0 Å². The van der Waals surface area contributed by atoms with Crippen molar-refractivity contribution in [1.29, 1.82) is 0 Å². The third-order valence-corrected chi connectivity index (χ3v) is 2.95. The van der Waals surface area contributed by atoms with Crippen LogP contribution in [0.3, 0.4) is 0 Å². The Morgan fingerprint density at radius 2 is 1.96 bits per heavy atom. The van der Waals surface area contributed by atoms with Gasteiger partial charge >= 0.3 is 5.97 Å². The fourth-order valence-electron chi connectivity index (χ4n) is 1.67. The Bertz CT molecular complexity index is 664. The first-order valence-corrected chi connectivity index (χ1v) is 7.26. The Hall–Kier alpha value is -2.21. The van der Waals surface area contributed by atoms with Crippen LogP contribution >= 0.6 is 11.6 Å². The van der Waals surface area contributed by atoms with Crippen LogP contribution in [-0.4, -0.2) is 18.6 Å². The van der Waals surface area contributed by atoms with Crippen LogP contribution in [0.5, 0.6) is 0 Å². The molecule has 0 unspecified atom stereocenters. The minimum absolute atomic E-state index is 0.000648. The van der Waals surface area contributed by atoms with Gasteiger partial charge in [-0.1, -0.05) is 11.6 Å². The van der Waals surface area contributed by atoms with Crippen LogP contribution in [0.4, 0.5) is 4.39 Å². The molecule has 1 rings (SSSR count). The van der Waals surface area contributed by atoms with E-state index in [0.717, 1.165) is 0 Å². The summed E-state index contributed by atoms with van der Waals surface area (Å²) in [7, 11) is 1.55. The monoisotopic (exact) mass is 341 g/mol. The highest BCUT2D eigenvalue weighted by Crippen LogP contribution is 2.21. The fourth-order valence-corrected chi connectivity index (χ4v) is 1.84. The zero-order valence-corrected chi connectivity index (χ0v) is 14.3. The summed E-state index contributed by atoms with van der Waals surface area (Å²) < 4.78 is 19.1. The predicted molar refractivity (Wildman–Crippen MR) is 89.7 cm³/mol. The Labute approximate surface area is 140 Å². The van der Waals surface area contributed by atoms with Gasteiger partial charge < -0.3 is 21.5 Å². The number of carbonyl (C=O) groups is 1. The standard InChI is InChI=1S/C16H21ClFN3O2/c1-16(2,3)23-15(22)11(14(20)21-4)8-13(19)10-7-9(17)5-6-12(10)18/h5-8,21H,19-20H2,1-4H3/b13-8-,14-11-. The Morgan fingerprint density at radius 3 is 2.48 bits per heavy atom. The first-order valence-electron chi connectivity index (χ1n) is 6.88. The second-order valence-electron chi connectivity index (χ2n) is 5.80. The van der Waals surface area contributed by atoms with Crippen LogP contribution in [0.25, 0.3) is 5.70 Å². The lowest BCUT2D eigenvalue weighted by Gasteiger charge is -2.20. The van der Waals surface area contributed by atoms with E-state index >= 15 is 0 Å². The van der Waals surface area contributed by atoms with Gasteiger partial charge in [-0.25, -0.2) is 9.18 Å². The van der Waals surface area contributed by atoms with E-state index in [4.69, 9.17) is 27.8 Å². The van der Waals surface area contributed by atoms with E-state index in [1.807, 2.05) is 0 Å². The van der Waals surface area contributed by atoms with E-state index < -0.39 is 17.4 Å². The first-order chi connectivity index (χ1) is 10.5. The highest BCUT2D eigenvalue weighted by molar-refractivity contribution is 6.30. The Kier molecular flexibility index (Phi) is 6.04. The third kappa shape index (κ3) is 5.49. The van der Waals surface area contributed by atoms with Gasteiger partial charge in [0.25, 0.3) is 0 Å². The van der Waals surface area contributed by atoms with Crippen LogP contribution in [0.2, 0.25) is 5.02 Å². The number of carbonyl (C=O) groups excluding carboxylic acids is 1. The third-order valence-electron chi connectivity index (χ3n) is 2.72. The molecule has 0 heterocycles. The quantitative estimate of drug-likeness (QED) is 0.445. The maximum Gasteiger partial charge on any atom is 0.342 e. The van der Waals surface area contributed by atoms with Gasteiger partial charge in [0.15, 0.2) is 0 Å². The minimum Gasteiger partial charge on any atom is -0.456 e. The predicted octanol–water partition coefficient (Wildman–Crippen LogP) is 2.51. The number of nitrogens with one attached hydrogen (secondary N) is 1. The fraction of sp³-hybridized carbons (Fsp3) is 0.312. The smallest absolute Gasteiger partial charge is 0.342 e. The molecule has 0 amide bonds. The number of nitrogens with two attached hydrogens (primary N) is 2. The van der Waals surface area contributed by atoms with Crippen molar-refractivity contribution in [2.24, 2.45) is 11.5 Å². The zero-order valence-electron chi connectivity index (χ0n) is 13.5. The first kappa shape index (κ1) is 18.8. The molecule has 0 fully saturated rings. The summed E-state index contributed by atoms with van der Waals surface area (Å²) in [4.78, 5) is 12.3. The van der Waals surface area contributed by atoms with Crippen molar-refractivity contribution < 1.29 is 13.9 Å². The normalized spacial score (nSPS) is 13.4. The molecule has 126 valence electrons. The SMILES string of the molecule is CN/C(N)=C(/C=C(\N)c1cc(Cl)ccc1F)C(=O)OC(C)(C)C. The van der Waals surface area contributed by atoms with Gasteiger partial charge in [-0.2, -0.15) is 0 Å². The summed E-state index contributed by atoms with van der Waals surface area (Å²) in [6.45, 7) is 5.17. The largest absolute Gasteiger partial charge is 0.456 e. The summed E-state index contributed by atoms with van der Waals surface area (Å²) in [6, 6.07) is 3.96. The number of benzene rings is 1. The minimum atomic E-state index is -0.708. The van der Waals surface area contributed by atoms with Gasteiger partial charge in [-0.15, -0.1) is 0 Å². The van der Waals surface area contributed by atoms with E-state index in [0.29, 0.717) is 5.02 Å². The molecule has 5 nitrogen and oxygen atoms in total. The average Bonchev–Trinajstić information content (AvgIpc) is 2.44. The van der Waals surface area contributed by atoms with Gasteiger partial charge in [0.1, 0.15) is 22.8 Å². The second-order valence-corrected chi connectivity index (χ2v) is 6.24. The molecule has 0 aliphatic rings. The zero-order chi connectivity index (χ0) is 17.8. The van der Waals surface area contributed by atoms with Crippen molar-refractivity contribution in [3.8, 4) is 0 Å². The van der Waals surface area contributed by atoms with E-state index in [-0.39, 0.29) is 22.7 Å². The molecule has 1 aromatic rings. The van der Waals surface area contributed by atoms with E-state index in [1.165, 1.54) is 24.3 Å². The lowest BCUT2D eigenvalue weighted by atomic mass is 10.1. The molecular weight excluding hydrogens is 321 g/mol. The van der Waals surface area contributed by atoms with Gasteiger partial charge in [-0.3, -0.25) is 0 Å². The summed E-state index contributed by atoms with van der Waals surface area (Å²) in [6.07, 6.45) is 1.26. The highest BCUT2D eigenvalue weighted by Gasteiger charge is 2.21. The molecule has 5 N–H and O–H groups in total. The van der Waals surface area contributed by atoms with Crippen LogP contribution < -0.4 is 16.8 Å². The number of hydrogen-bond acceptors (Lipinski definition) is 5. The molecule has 0 aliphatic carbocycles. The number of halogens is 2. The van der Waals surface area contributed by atoms with Crippen LogP contribution in [0, 0.1) is 5.82 Å². The molecule has 7 heteroatoms. The Morgan fingerprint density at radius 1 is 1.35 bits per heavy atom. The molecule has 0 spiro atoms. The molecule has 0 aromatic heterocycles. The molecule has 1 aromatic carbocycles. The number of ether oxygens (including phenoxy) is 1. The lowest BCUT2D eigenvalue weighted by Crippen LogP contribution is -2.28. The number of rotatable bonds is 4. The van der Waals surface area contributed by atoms with Gasteiger partial charge in [0, 0.05) is 23.3 Å². The van der Waals surface area contributed by atoms with Crippen molar-refractivity contribution >= 4 is 23.3 Å². The molecule has 0 saturated carbocycles. The van der Waals surface area contributed by atoms with Crippen molar-refractivity contribution in [2.75, 3.05) is 7.05 Å². The maximum atomic E-state index is 13.9. The van der Waals surface area contributed by atoms with E-state index in [2.05, 4.69) is 5.32 Å². The lowest BCUT2D eigenvalue weighted by molar-refractivity contribution is -0.149. The van der Waals surface area contributed by atoms with Gasteiger partial charge in [-0.05, 0) is 45.0 Å². The average molecular weight is 342 g/mol. The molecule has 23 heavy (non-hydrogen) atoms. The molecule has 0 saturated heterocycles. The highest BCUT2D eigenvalue weighted by atomic mass is 35.5. The van der Waals surface area contributed by atoms with Crippen LogP contribution in [0.15, 0.2) is 35.7 Å². The molecule has 0 radical (unpaired) electrons. The second kappa shape index (κ2) is 7.37.